The smallest absolute Gasteiger partial charge is 0.410 e. The summed E-state index contributed by atoms with van der Waals surface area (Å²) in [5.74, 6) is -0.540. The molecule has 3 aromatic heterocycles. The number of carbonyl (C=O) groups is 2. The van der Waals surface area contributed by atoms with E-state index in [1.54, 1.807) is 25.4 Å². The second-order valence-corrected chi connectivity index (χ2v) is 11.7. The Morgan fingerprint density at radius 2 is 1.90 bits per heavy atom. The molecule has 10 nitrogen and oxygen atoms in total. The monoisotopic (exact) mass is 579 g/mol. The number of halogens is 1. The molecule has 0 bridgehead atoms. The van der Waals surface area contributed by atoms with Crippen molar-refractivity contribution >= 4 is 40.0 Å². The number of nitrogens with one attached hydrogen (secondary N) is 1. The fourth-order valence-electron chi connectivity index (χ4n) is 5.63. The molecule has 1 aliphatic heterocycles. The van der Waals surface area contributed by atoms with E-state index >= 15 is 4.39 Å². The van der Waals surface area contributed by atoms with Gasteiger partial charge in [0.25, 0.3) is 5.91 Å². The molecule has 5 rings (SSSR count). The molecule has 0 unspecified atom stereocenters. The van der Waals surface area contributed by atoms with Crippen LogP contribution in [0.15, 0.2) is 35.0 Å². The number of aromatic nitrogens is 2. The van der Waals surface area contributed by atoms with Crippen LogP contribution in [0.3, 0.4) is 0 Å². The topological polar surface area (TPSA) is 102 Å². The quantitative estimate of drug-likeness (QED) is 0.285. The third-order valence-corrected chi connectivity index (χ3v) is 7.46. The lowest BCUT2D eigenvalue weighted by molar-refractivity contribution is 0.0149. The van der Waals surface area contributed by atoms with Crippen molar-refractivity contribution in [1.82, 2.24) is 14.3 Å². The first-order chi connectivity index (χ1) is 19.9. The van der Waals surface area contributed by atoms with Gasteiger partial charge < -0.3 is 33.4 Å². The zero-order valence-electron chi connectivity index (χ0n) is 25.2. The van der Waals surface area contributed by atoms with Gasteiger partial charge in [-0.3, -0.25) is 4.79 Å². The van der Waals surface area contributed by atoms with E-state index in [1.807, 2.05) is 51.7 Å². The molecule has 0 saturated carbocycles. The Balaban J connectivity index is 1.38. The molecule has 0 aliphatic carbocycles. The predicted octanol–water partition coefficient (Wildman–Crippen LogP) is 6.32. The summed E-state index contributed by atoms with van der Waals surface area (Å²) < 4.78 is 33.6. The van der Waals surface area contributed by atoms with Gasteiger partial charge in [0.2, 0.25) is 5.82 Å². The number of amides is 2. The van der Waals surface area contributed by atoms with E-state index in [1.165, 1.54) is 11.5 Å². The summed E-state index contributed by atoms with van der Waals surface area (Å²) in [7, 11) is 1.35. The average molecular weight is 580 g/mol. The van der Waals surface area contributed by atoms with Gasteiger partial charge in [0.1, 0.15) is 22.6 Å². The largest absolute Gasteiger partial charge is 0.491 e. The van der Waals surface area contributed by atoms with Crippen LogP contribution in [0, 0.1) is 19.7 Å². The summed E-state index contributed by atoms with van der Waals surface area (Å²) in [5.41, 5.74) is 2.12. The van der Waals surface area contributed by atoms with E-state index < -0.39 is 17.3 Å². The van der Waals surface area contributed by atoms with Crippen molar-refractivity contribution in [2.75, 3.05) is 37.0 Å². The maximum absolute atomic E-state index is 15.1. The Bertz CT molecular complexity index is 1650. The first kappa shape index (κ1) is 29.2. The highest BCUT2D eigenvalue weighted by molar-refractivity contribution is 6.14. The lowest BCUT2D eigenvalue weighted by atomic mass is 10.0. The second kappa shape index (κ2) is 11.2. The Hall–Kier alpha value is -4.28. The number of imidazole rings is 1. The Morgan fingerprint density at radius 3 is 2.55 bits per heavy atom. The van der Waals surface area contributed by atoms with Crippen LogP contribution in [0.2, 0.25) is 0 Å². The number of nitrogens with zero attached hydrogens (tertiary/aromatic N) is 4. The number of anilines is 2. The van der Waals surface area contributed by atoms with Gasteiger partial charge in [0.05, 0.1) is 18.4 Å². The van der Waals surface area contributed by atoms with Crippen LogP contribution in [-0.2, 0) is 4.74 Å². The SMILES string of the molecule is CCN(C(=O)OC(C)(C)C)C1CCN(c2ccc(C(=O)Nc3cn4cc(C)nc4c(F)c3OC)c3oc(C)cc23)CC1. The number of hydrogen-bond donors (Lipinski definition) is 1. The zero-order chi connectivity index (χ0) is 30.3. The molecule has 4 heterocycles. The Morgan fingerprint density at radius 1 is 1.19 bits per heavy atom. The third kappa shape index (κ3) is 5.60. The number of pyridine rings is 1. The van der Waals surface area contributed by atoms with Crippen LogP contribution in [0.4, 0.5) is 20.6 Å². The van der Waals surface area contributed by atoms with Gasteiger partial charge in [0, 0.05) is 49.1 Å². The maximum atomic E-state index is 15.1. The van der Waals surface area contributed by atoms with Crippen molar-refractivity contribution in [2.45, 2.75) is 66.0 Å². The minimum atomic E-state index is -0.658. The van der Waals surface area contributed by atoms with Crippen LogP contribution in [-0.4, -0.2) is 64.7 Å². The van der Waals surface area contributed by atoms with Crippen LogP contribution in [0.5, 0.6) is 5.75 Å². The molecule has 0 spiro atoms. The standard InChI is InChI=1S/C31H38FN5O5/c1-8-37(30(39)42-31(4,5)6)20-11-13-35(14-12-20)24-10-9-21(26-22(24)15-19(3)41-26)29(38)34-23-17-36-16-18(2)33-28(36)25(32)27(23)40-7/h9-10,15-17,20H,8,11-14H2,1-7H3,(H,34,38). The summed E-state index contributed by atoms with van der Waals surface area (Å²) >= 11 is 0. The van der Waals surface area contributed by atoms with Gasteiger partial charge >= 0.3 is 6.09 Å². The average Bonchev–Trinajstić information content (AvgIpc) is 3.49. The van der Waals surface area contributed by atoms with Crippen molar-refractivity contribution in [3.05, 3.63) is 53.4 Å². The molecular formula is C31H38FN5O5. The van der Waals surface area contributed by atoms with E-state index in [2.05, 4.69) is 15.2 Å². The van der Waals surface area contributed by atoms with E-state index in [0.29, 0.717) is 29.1 Å². The molecule has 224 valence electrons. The number of piperidine rings is 1. The molecule has 1 N–H and O–H groups in total. The predicted molar refractivity (Wildman–Crippen MR) is 159 cm³/mol. The molecule has 1 aliphatic rings. The van der Waals surface area contributed by atoms with Crippen LogP contribution < -0.4 is 15.0 Å². The second-order valence-electron chi connectivity index (χ2n) is 11.7. The first-order valence-electron chi connectivity index (χ1n) is 14.2. The normalized spacial score (nSPS) is 14.4. The number of aryl methyl sites for hydroxylation is 2. The fraction of sp³-hybridized carbons (Fsp3) is 0.452. The van der Waals surface area contributed by atoms with Gasteiger partial charge in [-0.25, -0.2) is 9.78 Å². The maximum Gasteiger partial charge on any atom is 0.410 e. The number of fused-ring (bicyclic) bond motifs is 2. The number of carbonyl (C=O) groups excluding carboxylic acids is 2. The highest BCUT2D eigenvalue weighted by atomic mass is 19.1. The minimum Gasteiger partial charge on any atom is -0.491 e. The Kier molecular flexibility index (Phi) is 7.78. The molecule has 11 heteroatoms. The van der Waals surface area contributed by atoms with Crippen LogP contribution >= 0.6 is 0 Å². The first-order valence-corrected chi connectivity index (χ1v) is 14.2. The summed E-state index contributed by atoms with van der Waals surface area (Å²) in [6.07, 6.45) is 4.54. The summed E-state index contributed by atoms with van der Waals surface area (Å²) in [5, 5.41) is 3.61. The summed E-state index contributed by atoms with van der Waals surface area (Å²) in [6.45, 7) is 13.2. The molecule has 1 aromatic carbocycles. The van der Waals surface area contributed by atoms with Gasteiger partial charge in [-0.2, -0.15) is 4.39 Å². The minimum absolute atomic E-state index is 0.0831. The van der Waals surface area contributed by atoms with E-state index in [0.717, 1.165) is 37.0 Å². The van der Waals surface area contributed by atoms with Crippen molar-refractivity contribution in [2.24, 2.45) is 0 Å². The number of ether oxygens (including phenoxy) is 2. The van der Waals surface area contributed by atoms with Crippen LogP contribution in [0.25, 0.3) is 16.6 Å². The third-order valence-electron chi connectivity index (χ3n) is 7.46. The molecule has 0 atom stereocenters. The molecule has 1 saturated heterocycles. The van der Waals surface area contributed by atoms with E-state index in [4.69, 9.17) is 13.9 Å². The van der Waals surface area contributed by atoms with Gasteiger partial charge in [0.15, 0.2) is 11.4 Å². The van der Waals surface area contributed by atoms with Gasteiger partial charge in [-0.15, -0.1) is 0 Å². The van der Waals surface area contributed by atoms with Crippen molar-refractivity contribution < 1.29 is 27.9 Å². The lowest BCUT2D eigenvalue weighted by Crippen LogP contribution is -2.48. The van der Waals surface area contributed by atoms with E-state index in [-0.39, 0.29) is 29.2 Å². The highest BCUT2D eigenvalue weighted by Gasteiger charge is 2.31. The number of rotatable bonds is 6. The summed E-state index contributed by atoms with van der Waals surface area (Å²) in [6, 6.07) is 5.65. The van der Waals surface area contributed by atoms with Gasteiger partial charge in [-0.1, -0.05) is 0 Å². The molecule has 4 aromatic rings. The number of hydrogen-bond acceptors (Lipinski definition) is 7. The van der Waals surface area contributed by atoms with Crippen molar-refractivity contribution in [3.63, 3.8) is 0 Å². The summed E-state index contributed by atoms with van der Waals surface area (Å²) in [4.78, 5) is 34.6. The van der Waals surface area contributed by atoms with Crippen molar-refractivity contribution in [1.29, 1.82) is 0 Å². The molecule has 1 fully saturated rings. The van der Waals surface area contributed by atoms with Gasteiger partial charge in [-0.05, 0) is 72.6 Å². The number of furan rings is 1. The number of methoxy groups -OCH3 is 1. The molecule has 42 heavy (non-hydrogen) atoms. The number of benzene rings is 1. The van der Waals surface area contributed by atoms with E-state index in [9.17, 15) is 9.59 Å². The molecule has 2 amide bonds. The van der Waals surface area contributed by atoms with Crippen LogP contribution in [0.1, 0.15) is 62.3 Å². The van der Waals surface area contributed by atoms with Crippen molar-refractivity contribution in [3.8, 4) is 5.75 Å². The molecular weight excluding hydrogens is 541 g/mol. The molecule has 0 radical (unpaired) electrons. The lowest BCUT2D eigenvalue weighted by Gasteiger charge is -2.39. The highest BCUT2D eigenvalue weighted by Crippen LogP contribution is 2.36. The Labute approximate surface area is 244 Å². The zero-order valence-corrected chi connectivity index (χ0v) is 25.2. The fourth-order valence-corrected chi connectivity index (χ4v) is 5.63.